The molecule has 33 heavy (non-hydrogen) atoms. The molecule has 3 aliphatic heterocycles. The normalized spacial score (nSPS) is 28.3. The van der Waals surface area contributed by atoms with Gasteiger partial charge in [-0.25, -0.2) is 9.18 Å². The van der Waals surface area contributed by atoms with E-state index in [0.717, 1.165) is 58.7 Å². The summed E-state index contributed by atoms with van der Waals surface area (Å²) in [5, 5.41) is 0. The quantitative estimate of drug-likeness (QED) is 0.617. The number of piperidine rings is 1. The minimum absolute atomic E-state index is 0.118. The van der Waals surface area contributed by atoms with Gasteiger partial charge in [0.1, 0.15) is 11.4 Å². The van der Waals surface area contributed by atoms with E-state index in [2.05, 4.69) is 4.90 Å². The summed E-state index contributed by atoms with van der Waals surface area (Å²) in [5.74, 6) is 0.737. The van der Waals surface area contributed by atoms with Gasteiger partial charge in [-0.15, -0.1) is 0 Å². The molecule has 1 aromatic rings. The number of rotatable bonds is 3. The summed E-state index contributed by atoms with van der Waals surface area (Å²) in [6, 6.07) is 6.02. The number of halogens is 1. The molecule has 1 unspecified atom stereocenters. The first-order valence-corrected chi connectivity index (χ1v) is 12.8. The monoisotopic (exact) mass is 458 g/mol. The number of amides is 1. The molecule has 4 fully saturated rings. The van der Waals surface area contributed by atoms with Crippen molar-refractivity contribution in [1.82, 2.24) is 9.80 Å². The summed E-state index contributed by atoms with van der Waals surface area (Å²) in [6.07, 6.45) is 6.67. The zero-order valence-corrected chi connectivity index (χ0v) is 20.4. The lowest BCUT2D eigenvalue weighted by Gasteiger charge is -2.48. The van der Waals surface area contributed by atoms with E-state index in [9.17, 15) is 9.18 Å². The first kappa shape index (κ1) is 23.1. The lowest BCUT2D eigenvalue weighted by atomic mass is 9.78. The van der Waals surface area contributed by atoms with Crippen LogP contribution in [0, 0.1) is 11.2 Å². The molecule has 5 nitrogen and oxygen atoms in total. The van der Waals surface area contributed by atoms with Gasteiger partial charge in [0, 0.05) is 37.1 Å². The Morgan fingerprint density at radius 1 is 1.09 bits per heavy atom. The van der Waals surface area contributed by atoms with Crippen molar-refractivity contribution in [3.8, 4) is 0 Å². The van der Waals surface area contributed by atoms with Crippen LogP contribution in [0.25, 0.3) is 0 Å². The van der Waals surface area contributed by atoms with Crippen LogP contribution in [0.4, 0.5) is 9.18 Å². The maximum absolute atomic E-state index is 14.1. The Labute approximate surface area is 197 Å². The number of carbonyl (C=O) groups is 1. The third kappa shape index (κ3) is 4.93. The van der Waals surface area contributed by atoms with E-state index in [0.29, 0.717) is 17.9 Å². The minimum atomic E-state index is -0.436. The van der Waals surface area contributed by atoms with Crippen LogP contribution in [-0.2, 0) is 9.47 Å². The molecule has 182 valence electrons. The summed E-state index contributed by atoms with van der Waals surface area (Å²) in [5.41, 5.74) is 2.38. The molecule has 1 amide bonds. The summed E-state index contributed by atoms with van der Waals surface area (Å²) in [4.78, 5) is 16.9. The maximum Gasteiger partial charge on any atom is 0.410 e. The van der Waals surface area contributed by atoms with Crippen LogP contribution in [-0.4, -0.2) is 66.9 Å². The van der Waals surface area contributed by atoms with Gasteiger partial charge in [-0.3, -0.25) is 0 Å². The molecule has 4 aliphatic rings. The second kappa shape index (κ2) is 8.84. The van der Waals surface area contributed by atoms with Crippen molar-refractivity contribution >= 4 is 6.09 Å². The molecule has 2 atom stereocenters. The lowest BCUT2D eigenvalue weighted by molar-refractivity contribution is -0.0347. The largest absolute Gasteiger partial charge is 0.444 e. The molecule has 0 aromatic heterocycles. The zero-order valence-electron chi connectivity index (χ0n) is 20.4. The van der Waals surface area contributed by atoms with Gasteiger partial charge in [0.25, 0.3) is 0 Å². The van der Waals surface area contributed by atoms with Crippen LogP contribution >= 0.6 is 0 Å². The lowest BCUT2D eigenvalue weighted by Crippen LogP contribution is -2.58. The number of benzene rings is 1. The van der Waals surface area contributed by atoms with Crippen LogP contribution in [0.3, 0.4) is 0 Å². The number of hydrogen-bond acceptors (Lipinski definition) is 4. The standard InChI is InChI=1S/C27H39FN2O3/c1-26(2,3)33-25(31)30-17-27(18-30)10-6-22(15-27)29-11-7-19(8-12-29)24-14-21(28)4-5-23(24)20-9-13-32-16-20/h4-5,14,19-20,22H,6-13,15-18H2,1-3H3/t20?,22-/m1/s1. The van der Waals surface area contributed by atoms with E-state index in [-0.39, 0.29) is 17.3 Å². The summed E-state index contributed by atoms with van der Waals surface area (Å²) in [6.45, 7) is 11.2. The van der Waals surface area contributed by atoms with Crippen molar-refractivity contribution in [1.29, 1.82) is 0 Å². The molecule has 1 aromatic carbocycles. The smallest absolute Gasteiger partial charge is 0.410 e. The van der Waals surface area contributed by atoms with E-state index in [1.165, 1.54) is 30.4 Å². The number of carbonyl (C=O) groups excluding carboxylic acids is 1. The SMILES string of the molecule is CC(C)(C)OC(=O)N1CC2(CC[C@@H](N3CCC(c4cc(F)ccc4C4CCOC4)CC3)C2)C1. The van der Waals surface area contributed by atoms with Crippen LogP contribution in [0.2, 0.25) is 0 Å². The zero-order chi connectivity index (χ0) is 23.2. The van der Waals surface area contributed by atoms with E-state index in [4.69, 9.17) is 9.47 Å². The number of ether oxygens (including phenoxy) is 2. The van der Waals surface area contributed by atoms with Crippen LogP contribution in [0.1, 0.15) is 82.3 Å². The van der Waals surface area contributed by atoms with Crippen LogP contribution < -0.4 is 0 Å². The van der Waals surface area contributed by atoms with E-state index < -0.39 is 5.60 Å². The summed E-state index contributed by atoms with van der Waals surface area (Å²) < 4.78 is 25.3. The second-order valence-electron chi connectivity index (χ2n) is 11.9. The van der Waals surface area contributed by atoms with Crippen LogP contribution in [0.5, 0.6) is 0 Å². The highest BCUT2D eigenvalue weighted by Crippen LogP contribution is 2.48. The fraction of sp³-hybridized carbons (Fsp3) is 0.741. The fourth-order valence-electron chi connectivity index (χ4n) is 6.62. The maximum atomic E-state index is 14.1. The Hall–Kier alpha value is -1.66. The molecule has 3 saturated heterocycles. The van der Waals surface area contributed by atoms with Gasteiger partial charge in [-0.05, 0) is 102 Å². The first-order valence-electron chi connectivity index (χ1n) is 12.8. The van der Waals surface area contributed by atoms with Crippen molar-refractivity contribution in [2.45, 2.75) is 82.8 Å². The van der Waals surface area contributed by atoms with Gasteiger partial charge in [0.05, 0.1) is 6.61 Å². The predicted molar refractivity (Wildman–Crippen MR) is 126 cm³/mol. The molecule has 5 rings (SSSR count). The predicted octanol–water partition coefficient (Wildman–Crippen LogP) is 5.30. The first-order chi connectivity index (χ1) is 15.7. The molecule has 0 bridgehead atoms. The molecule has 1 spiro atoms. The molecule has 6 heteroatoms. The van der Waals surface area contributed by atoms with Gasteiger partial charge in [0.2, 0.25) is 0 Å². The Morgan fingerprint density at radius 3 is 2.52 bits per heavy atom. The molecular formula is C27H39FN2O3. The molecule has 0 radical (unpaired) electrons. The fourth-order valence-corrected chi connectivity index (χ4v) is 6.62. The van der Waals surface area contributed by atoms with Gasteiger partial charge in [-0.1, -0.05) is 6.07 Å². The molecule has 1 aliphatic carbocycles. The highest BCUT2D eigenvalue weighted by atomic mass is 19.1. The third-order valence-corrected chi connectivity index (χ3v) is 8.28. The van der Waals surface area contributed by atoms with Crippen molar-refractivity contribution in [2.24, 2.45) is 5.41 Å². The highest BCUT2D eigenvalue weighted by molar-refractivity contribution is 5.69. The van der Waals surface area contributed by atoms with E-state index in [1.54, 1.807) is 12.1 Å². The summed E-state index contributed by atoms with van der Waals surface area (Å²) >= 11 is 0. The topological polar surface area (TPSA) is 42.0 Å². The third-order valence-electron chi connectivity index (χ3n) is 8.28. The average Bonchev–Trinajstić information content (AvgIpc) is 3.42. The molecule has 3 heterocycles. The van der Waals surface area contributed by atoms with Crippen molar-refractivity contribution in [3.63, 3.8) is 0 Å². The van der Waals surface area contributed by atoms with E-state index >= 15 is 0 Å². The molecule has 0 N–H and O–H groups in total. The Morgan fingerprint density at radius 2 is 1.85 bits per heavy atom. The van der Waals surface area contributed by atoms with Gasteiger partial charge in [0.15, 0.2) is 0 Å². The molecular weight excluding hydrogens is 419 g/mol. The number of likely N-dealkylation sites (tertiary alicyclic amines) is 2. The van der Waals surface area contributed by atoms with E-state index in [1.807, 2.05) is 31.7 Å². The molecule has 1 saturated carbocycles. The number of hydrogen-bond donors (Lipinski definition) is 0. The Bertz CT molecular complexity index is 863. The van der Waals surface area contributed by atoms with Crippen LogP contribution in [0.15, 0.2) is 18.2 Å². The number of nitrogens with zero attached hydrogens (tertiary/aromatic N) is 2. The van der Waals surface area contributed by atoms with Gasteiger partial charge >= 0.3 is 6.09 Å². The van der Waals surface area contributed by atoms with Crippen molar-refractivity contribution in [3.05, 3.63) is 35.1 Å². The average molecular weight is 459 g/mol. The Kier molecular flexibility index (Phi) is 6.19. The van der Waals surface area contributed by atoms with Crippen molar-refractivity contribution in [2.75, 3.05) is 39.4 Å². The van der Waals surface area contributed by atoms with Gasteiger partial charge in [-0.2, -0.15) is 0 Å². The second-order valence-corrected chi connectivity index (χ2v) is 11.9. The van der Waals surface area contributed by atoms with Crippen molar-refractivity contribution < 1.29 is 18.7 Å². The summed E-state index contributed by atoms with van der Waals surface area (Å²) in [7, 11) is 0. The Balaban J connectivity index is 1.15. The minimum Gasteiger partial charge on any atom is -0.444 e. The van der Waals surface area contributed by atoms with Gasteiger partial charge < -0.3 is 19.3 Å². The highest BCUT2D eigenvalue weighted by Gasteiger charge is 2.51.